The van der Waals surface area contributed by atoms with E-state index in [0.29, 0.717) is 43.9 Å². The highest BCUT2D eigenvalue weighted by molar-refractivity contribution is 7.89. The van der Waals surface area contributed by atoms with Crippen LogP contribution in [0.2, 0.25) is 0 Å². The van der Waals surface area contributed by atoms with Crippen LogP contribution in [0.1, 0.15) is 45.1 Å². The van der Waals surface area contributed by atoms with Crippen molar-refractivity contribution in [1.29, 1.82) is 0 Å². The van der Waals surface area contributed by atoms with E-state index in [2.05, 4.69) is 29.2 Å². The first kappa shape index (κ1) is 22.8. The number of nitrogens with zero attached hydrogens (tertiary/aromatic N) is 3. The van der Waals surface area contributed by atoms with E-state index in [-0.39, 0.29) is 22.6 Å². The average molecular weight is 415 g/mol. The average Bonchev–Trinajstić information content (AvgIpc) is 3.03. The SMILES string of the molecule is CCN(CC)CCNC(=O)[C@H](C)C1CCN(S(=O)(=O)c2c(C)noc2C)CC1. The molecule has 0 aromatic carbocycles. The Morgan fingerprint density at radius 2 is 1.89 bits per heavy atom. The van der Waals surface area contributed by atoms with Crippen molar-refractivity contribution in [2.75, 3.05) is 39.3 Å². The van der Waals surface area contributed by atoms with Crippen molar-refractivity contribution in [3.8, 4) is 0 Å². The second kappa shape index (κ2) is 9.84. The van der Waals surface area contributed by atoms with E-state index >= 15 is 0 Å². The minimum atomic E-state index is -3.61. The summed E-state index contributed by atoms with van der Waals surface area (Å²) in [6.45, 7) is 13.7. The van der Waals surface area contributed by atoms with Crippen molar-refractivity contribution in [1.82, 2.24) is 19.7 Å². The summed E-state index contributed by atoms with van der Waals surface area (Å²) >= 11 is 0. The number of rotatable bonds is 9. The van der Waals surface area contributed by atoms with Crippen molar-refractivity contribution in [3.05, 3.63) is 11.5 Å². The van der Waals surface area contributed by atoms with Crippen molar-refractivity contribution < 1.29 is 17.7 Å². The summed E-state index contributed by atoms with van der Waals surface area (Å²) in [7, 11) is -3.61. The molecule has 160 valence electrons. The highest BCUT2D eigenvalue weighted by Crippen LogP contribution is 2.30. The Balaban J connectivity index is 1.88. The smallest absolute Gasteiger partial charge is 0.248 e. The fourth-order valence-corrected chi connectivity index (χ4v) is 5.60. The van der Waals surface area contributed by atoms with Gasteiger partial charge in [0.2, 0.25) is 15.9 Å². The standard InChI is InChI=1S/C19H34N4O4S/c1-6-22(7-2)13-10-20-19(24)14(3)17-8-11-23(12-9-17)28(25,26)18-15(4)21-27-16(18)5/h14,17H,6-13H2,1-5H3,(H,20,24)/t14-/m1/s1. The number of sulfonamides is 1. The van der Waals surface area contributed by atoms with Gasteiger partial charge in [0.1, 0.15) is 10.6 Å². The molecule has 1 aromatic heterocycles. The highest BCUT2D eigenvalue weighted by atomic mass is 32.2. The van der Waals surface area contributed by atoms with Gasteiger partial charge < -0.3 is 14.7 Å². The summed E-state index contributed by atoms with van der Waals surface area (Å²) in [5, 5.41) is 6.78. The number of carbonyl (C=O) groups excluding carboxylic acids is 1. The van der Waals surface area contributed by atoms with Crippen LogP contribution in [0, 0.1) is 25.7 Å². The van der Waals surface area contributed by atoms with Crippen molar-refractivity contribution in [2.45, 2.75) is 52.4 Å². The third-order valence-corrected chi connectivity index (χ3v) is 7.95. The molecule has 2 heterocycles. The van der Waals surface area contributed by atoms with Crippen LogP contribution in [-0.4, -0.2) is 68.0 Å². The molecule has 1 aliphatic heterocycles. The largest absolute Gasteiger partial charge is 0.360 e. The first-order chi connectivity index (χ1) is 13.2. The van der Waals surface area contributed by atoms with E-state index in [9.17, 15) is 13.2 Å². The van der Waals surface area contributed by atoms with Gasteiger partial charge in [-0.05, 0) is 45.7 Å². The number of aryl methyl sites for hydroxylation is 2. The summed E-state index contributed by atoms with van der Waals surface area (Å²) in [5.74, 6) is 0.435. The fourth-order valence-electron chi connectivity index (χ4n) is 3.84. The van der Waals surface area contributed by atoms with Crippen molar-refractivity contribution >= 4 is 15.9 Å². The first-order valence-electron chi connectivity index (χ1n) is 10.1. The Hall–Kier alpha value is -1.45. The molecule has 8 nitrogen and oxygen atoms in total. The molecule has 1 atom stereocenters. The molecule has 0 saturated carbocycles. The van der Waals surface area contributed by atoms with Gasteiger partial charge in [-0.15, -0.1) is 0 Å². The molecule has 9 heteroatoms. The number of hydrogen-bond donors (Lipinski definition) is 1. The maximum atomic E-state index is 12.9. The molecule has 0 spiro atoms. The quantitative estimate of drug-likeness (QED) is 0.662. The molecule has 1 N–H and O–H groups in total. The van der Waals surface area contributed by atoms with Gasteiger partial charge in [0.05, 0.1) is 0 Å². The van der Waals surface area contributed by atoms with Crippen LogP contribution in [0.25, 0.3) is 0 Å². The van der Waals surface area contributed by atoms with E-state index in [0.717, 1.165) is 19.6 Å². The number of hydrogen-bond acceptors (Lipinski definition) is 6. The predicted molar refractivity (Wildman–Crippen MR) is 107 cm³/mol. The van der Waals surface area contributed by atoms with Gasteiger partial charge in [0.15, 0.2) is 5.76 Å². The zero-order valence-corrected chi connectivity index (χ0v) is 18.5. The molecule has 1 amide bonds. The molecule has 0 bridgehead atoms. The lowest BCUT2D eigenvalue weighted by Crippen LogP contribution is -2.43. The summed E-state index contributed by atoms with van der Waals surface area (Å²) in [5.41, 5.74) is 0.389. The Morgan fingerprint density at radius 1 is 1.29 bits per heavy atom. The van der Waals surface area contributed by atoms with E-state index in [1.54, 1.807) is 13.8 Å². The Labute approximate surface area is 168 Å². The number of aromatic nitrogens is 1. The van der Waals surface area contributed by atoms with E-state index in [1.165, 1.54) is 4.31 Å². The molecule has 1 aliphatic rings. The molecular weight excluding hydrogens is 380 g/mol. The fraction of sp³-hybridized carbons (Fsp3) is 0.789. The van der Waals surface area contributed by atoms with Crippen molar-refractivity contribution in [2.24, 2.45) is 11.8 Å². The van der Waals surface area contributed by atoms with Gasteiger partial charge in [-0.2, -0.15) is 4.31 Å². The lowest BCUT2D eigenvalue weighted by Gasteiger charge is -2.33. The number of amides is 1. The van der Waals surface area contributed by atoms with E-state index < -0.39 is 10.0 Å². The zero-order chi connectivity index (χ0) is 20.9. The third kappa shape index (κ3) is 5.12. The number of nitrogens with one attached hydrogen (secondary N) is 1. The topological polar surface area (TPSA) is 95.8 Å². The summed E-state index contributed by atoms with van der Waals surface area (Å²) in [6, 6.07) is 0. The van der Waals surface area contributed by atoms with Crippen LogP contribution in [-0.2, 0) is 14.8 Å². The maximum absolute atomic E-state index is 12.9. The molecule has 0 radical (unpaired) electrons. The number of piperidine rings is 1. The van der Waals surface area contributed by atoms with Crippen LogP contribution < -0.4 is 5.32 Å². The lowest BCUT2D eigenvalue weighted by atomic mass is 9.85. The highest BCUT2D eigenvalue weighted by Gasteiger charge is 2.36. The third-order valence-electron chi connectivity index (χ3n) is 5.81. The van der Waals surface area contributed by atoms with Crippen LogP contribution in [0.5, 0.6) is 0 Å². The second-order valence-electron chi connectivity index (χ2n) is 7.50. The lowest BCUT2D eigenvalue weighted by molar-refractivity contribution is -0.126. The molecule has 28 heavy (non-hydrogen) atoms. The van der Waals surface area contributed by atoms with Crippen molar-refractivity contribution in [3.63, 3.8) is 0 Å². The molecule has 1 aromatic rings. The number of carbonyl (C=O) groups is 1. The van der Waals surface area contributed by atoms with Gasteiger partial charge >= 0.3 is 0 Å². The number of likely N-dealkylation sites (N-methyl/N-ethyl adjacent to an activating group) is 1. The van der Waals surface area contributed by atoms with Gasteiger partial charge in [-0.1, -0.05) is 25.9 Å². The summed E-state index contributed by atoms with van der Waals surface area (Å²) < 4.78 is 32.3. The summed E-state index contributed by atoms with van der Waals surface area (Å²) in [6.07, 6.45) is 1.35. The van der Waals surface area contributed by atoms with Crippen LogP contribution in [0.15, 0.2) is 9.42 Å². The first-order valence-corrected chi connectivity index (χ1v) is 11.6. The van der Waals surface area contributed by atoms with E-state index in [4.69, 9.17) is 4.52 Å². The van der Waals surface area contributed by atoms with Gasteiger partial charge in [-0.25, -0.2) is 8.42 Å². The minimum Gasteiger partial charge on any atom is -0.360 e. The zero-order valence-electron chi connectivity index (χ0n) is 17.7. The normalized spacial score (nSPS) is 17.8. The Bertz CT molecular complexity index is 730. The van der Waals surface area contributed by atoms with Crippen LogP contribution >= 0.6 is 0 Å². The molecule has 1 fully saturated rings. The Kier molecular flexibility index (Phi) is 8.03. The minimum absolute atomic E-state index is 0.0548. The molecule has 0 unspecified atom stereocenters. The second-order valence-corrected chi connectivity index (χ2v) is 9.38. The Morgan fingerprint density at radius 3 is 2.39 bits per heavy atom. The predicted octanol–water partition coefficient (Wildman–Crippen LogP) is 1.79. The molecule has 1 saturated heterocycles. The monoisotopic (exact) mass is 414 g/mol. The molecule has 2 rings (SSSR count). The molecular formula is C19H34N4O4S. The van der Waals surface area contributed by atoms with Crippen LogP contribution in [0.3, 0.4) is 0 Å². The van der Waals surface area contributed by atoms with Gasteiger partial charge in [0.25, 0.3) is 0 Å². The molecule has 0 aliphatic carbocycles. The van der Waals surface area contributed by atoms with Gasteiger partial charge in [0, 0.05) is 32.1 Å². The van der Waals surface area contributed by atoms with Gasteiger partial charge in [-0.3, -0.25) is 4.79 Å². The van der Waals surface area contributed by atoms with E-state index in [1.807, 2.05) is 6.92 Å². The summed E-state index contributed by atoms with van der Waals surface area (Å²) in [4.78, 5) is 14.9. The maximum Gasteiger partial charge on any atom is 0.248 e. The van der Waals surface area contributed by atoms with Crippen LogP contribution in [0.4, 0.5) is 0 Å².